The number of unbranched alkanes of at least 4 members (excludes halogenated alkanes) is 6. The Labute approximate surface area is 121 Å². The van der Waals surface area contributed by atoms with Crippen LogP contribution in [-0.4, -0.2) is 26.9 Å². The second kappa shape index (κ2) is 16.0. The summed E-state index contributed by atoms with van der Waals surface area (Å²) < 4.78 is 10.9. The number of hydrogen-bond donors (Lipinski definition) is 0. The zero-order valence-electron chi connectivity index (χ0n) is 13.6. The van der Waals surface area contributed by atoms with Gasteiger partial charge in [0.1, 0.15) is 0 Å². The lowest BCUT2D eigenvalue weighted by Crippen LogP contribution is -2.08. The summed E-state index contributed by atoms with van der Waals surface area (Å²) in [6.07, 6.45) is 13.1. The van der Waals surface area contributed by atoms with E-state index >= 15 is 0 Å². The maximum absolute atomic E-state index is 5.73. The summed E-state index contributed by atoms with van der Waals surface area (Å²) in [5.41, 5.74) is 0. The quantitative estimate of drug-likeness (QED) is 0.381. The second-order valence-electron chi connectivity index (χ2n) is 5.58. The van der Waals surface area contributed by atoms with Gasteiger partial charge in [-0.2, -0.15) is 0 Å². The van der Waals surface area contributed by atoms with Crippen molar-refractivity contribution in [1.29, 1.82) is 0 Å². The van der Waals surface area contributed by atoms with Gasteiger partial charge in [-0.3, -0.25) is 0 Å². The van der Waals surface area contributed by atoms with Gasteiger partial charge in [0.15, 0.2) is 0 Å². The van der Waals surface area contributed by atoms with E-state index in [1.807, 2.05) is 0 Å². The molecule has 1 unspecified atom stereocenters. The number of hydrogen-bond acceptors (Lipinski definition) is 2. The third kappa shape index (κ3) is 14.1. The lowest BCUT2D eigenvalue weighted by Gasteiger charge is -2.14. The molecular formula is C17H36O2. The summed E-state index contributed by atoms with van der Waals surface area (Å²) in [6.45, 7) is 7.30. The third-order valence-electron chi connectivity index (χ3n) is 3.87. The molecule has 0 N–H and O–H groups in total. The Balaban J connectivity index is 3.16. The van der Waals surface area contributed by atoms with Crippen molar-refractivity contribution in [1.82, 2.24) is 0 Å². The van der Waals surface area contributed by atoms with E-state index in [0.717, 1.165) is 25.7 Å². The number of methoxy groups -OCH3 is 1. The van der Waals surface area contributed by atoms with E-state index in [1.165, 1.54) is 64.2 Å². The first-order valence-corrected chi connectivity index (χ1v) is 8.41. The Kier molecular flexibility index (Phi) is 15.9. The SMILES string of the molecule is CCCCCCCCCOCCC(CC)CCOC. The average molecular weight is 272 g/mol. The van der Waals surface area contributed by atoms with Crippen molar-refractivity contribution in [2.24, 2.45) is 5.92 Å². The molecule has 19 heavy (non-hydrogen) atoms. The highest BCUT2D eigenvalue weighted by Crippen LogP contribution is 2.13. The summed E-state index contributed by atoms with van der Waals surface area (Å²) in [5, 5.41) is 0. The molecule has 0 bridgehead atoms. The Morgan fingerprint density at radius 1 is 0.737 bits per heavy atom. The number of rotatable bonds is 15. The highest BCUT2D eigenvalue weighted by atomic mass is 16.5. The molecule has 0 aliphatic rings. The molecule has 1 atom stereocenters. The van der Waals surface area contributed by atoms with Crippen LogP contribution in [0.4, 0.5) is 0 Å². The van der Waals surface area contributed by atoms with Gasteiger partial charge in [-0.1, -0.05) is 58.8 Å². The van der Waals surface area contributed by atoms with Gasteiger partial charge in [-0.25, -0.2) is 0 Å². The van der Waals surface area contributed by atoms with Crippen molar-refractivity contribution in [2.45, 2.75) is 78.1 Å². The van der Waals surface area contributed by atoms with Gasteiger partial charge >= 0.3 is 0 Å². The predicted octanol–water partition coefficient (Wildman–Crippen LogP) is 5.21. The van der Waals surface area contributed by atoms with Crippen molar-refractivity contribution >= 4 is 0 Å². The first kappa shape index (κ1) is 18.9. The zero-order chi connectivity index (χ0) is 14.2. The Morgan fingerprint density at radius 3 is 2.00 bits per heavy atom. The molecular weight excluding hydrogens is 236 g/mol. The predicted molar refractivity (Wildman–Crippen MR) is 83.7 cm³/mol. The van der Waals surface area contributed by atoms with Gasteiger partial charge < -0.3 is 9.47 Å². The van der Waals surface area contributed by atoms with Crippen LogP contribution in [-0.2, 0) is 9.47 Å². The third-order valence-corrected chi connectivity index (χ3v) is 3.87. The molecule has 0 saturated carbocycles. The zero-order valence-corrected chi connectivity index (χ0v) is 13.6. The molecule has 2 nitrogen and oxygen atoms in total. The molecule has 0 radical (unpaired) electrons. The van der Waals surface area contributed by atoms with Crippen molar-refractivity contribution in [2.75, 3.05) is 26.9 Å². The average Bonchev–Trinajstić information content (AvgIpc) is 2.44. The molecule has 0 aromatic rings. The smallest absolute Gasteiger partial charge is 0.0468 e. The fraction of sp³-hybridized carbons (Fsp3) is 1.00. The van der Waals surface area contributed by atoms with Gasteiger partial charge in [0.2, 0.25) is 0 Å². The van der Waals surface area contributed by atoms with Crippen LogP contribution < -0.4 is 0 Å². The van der Waals surface area contributed by atoms with Crippen LogP contribution >= 0.6 is 0 Å². The molecule has 0 rings (SSSR count). The molecule has 0 spiro atoms. The Morgan fingerprint density at radius 2 is 1.37 bits per heavy atom. The van der Waals surface area contributed by atoms with E-state index in [0.29, 0.717) is 0 Å². The standard InChI is InChI=1S/C17H36O2/c1-4-6-7-8-9-10-11-14-19-16-13-17(5-2)12-15-18-3/h17H,4-16H2,1-3H3. The fourth-order valence-electron chi connectivity index (χ4n) is 2.35. The molecule has 0 heterocycles. The second-order valence-corrected chi connectivity index (χ2v) is 5.58. The lowest BCUT2D eigenvalue weighted by molar-refractivity contribution is 0.106. The molecule has 0 aliphatic heterocycles. The van der Waals surface area contributed by atoms with Crippen molar-refractivity contribution < 1.29 is 9.47 Å². The minimum Gasteiger partial charge on any atom is -0.385 e. The van der Waals surface area contributed by atoms with E-state index in [9.17, 15) is 0 Å². The van der Waals surface area contributed by atoms with E-state index < -0.39 is 0 Å². The van der Waals surface area contributed by atoms with Crippen molar-refractivity contribution in [3.05, 3.63) is 0 Å². The maximum atomic E-state index is 5.73. The van der Waals surface area contributed by atoms with Crippen molar-refractivity contribution in [3.63, 3.8) is 0 Å². The topological polar surface area (TPSA) is 18.5 Å². The normalized spacial score (nSPS) is 12.8. The molecule has 0 aromatic carbocycles. The van der Waals surface area contributed by atoms with Crippen LogP contribution in [0, 0.1) is 5.92 Å². The van der Waals surface area contributed by atoms with Crippen LogP contribution in [0.25, 0.3) is 0 Å². The van der Waals surface area contributed by atoms with Crippen molar-refractivity contribution in [3.8, 4) is 0 Å². The van der Waals surface area contributed by atoms with Gasteiger partial charge in [0, 0.05) is 26.9 Å². The van der Waals surface area contributed by atoms with Crippen LogP contribution in [0.2, 0.25) is 0 Å². The maximum Gasteiger partial charge on any atom is 0.0468 e. The highest BCUT2D eigenvalue weighted by Gasteiger charge is 2.05. The molecule has 0 amide bonds. The van der Waals surface area contributed by atoms with Crippen LogP contribution in [0.3, 0.4) is 0 Å². The van der Waals surface area contributed by atoms with E-state index in [1.54, 1.807) is 7.11 Å². The minimum atomic E-state index is 0.772. The first-order valence-electron chi connectivity index (χ1n) is 8.41. The summed E-state index contributed by atoms with van der Waals surface area (Å²) >= 11 is 0. The van der Waals surface area contributed by atoms with Gasteiger partial charge in [0.05, 0.1) is 0 Å². The molecule has 2 heteroatoms. The molecule has 0 fully saturated rings. The van der Waals surface area contributed by atoms with Crippen LogP contribution in [0.5, 0.6) is 0 Å². The minimum absolute atomic E-state index is 0.772. The molecule has 116 valence electrons. The summed E-state index contributed by atoms with van der Waals surface area (Å²) in [6, 6.07) is 0. The van der Waals surface area contributed by atoms with Crippen LogP contribution in [0.15, 0.2) is 0 Å². The Hall–Kier alpha value is -0.0800. The van der Waals surface area contributed by atoms with Gasteiger partial charge in [-0.05, 0) is 25.2 Å². The van der Waals surface area contributed by atoms with E-state index in [2.05, 4.69) is 13.8 Å². The molecule has 0 saturated heterocycles. The molecule has 0 aromatic heterocycles. The lowest BCUT2D eigenvalue weighted by atomic mass is 9.99. The van der Waals surface area contributed by atoms with E-state index in [-0.39, 0.29) is 0 Å². The van der Waals surface area contributed by atoms with Gasteiger partial charge in [-0.15, -0.1) is 0 Å². The fourth-order valence-corrected chi connectivity index (χ4v) is 2.35. The summed E-state index contributed by atoms with van der Waals surface area (Å²) in [5.74, 6) is 0.772. The highest BCUT2D eigenvalue weighted by molar-refractivity contribution is 4.56. The summed E-state index contributed by atoms with van der Waals surface area (Å²) in [4.78, 5) is 0. The summed E-state index contributed by atoms with van der Waals surface area (Å²) in [7, 11) is 1.78. The van der Waals surface area contributed by atoms with E-state index in [4.69, 9.17) is 9.47 Å². The van der Waals surface area contributed by atoms with Crippen LogP contribution in [0.1, 0.15) is 78.1 Å². The molecule has 0 aliphatic carbocycles. The largest absolute Gasteiger partial charge is 0.385 e. The van der Waals surface area contributed by atoms with Gasteiger partial charge in [0.25, 0.3) is 0 Å². The Bertz CT molecular complexity index is 159. The monoisotopic (exact) mass is 272 g/mol. The number of ether oxygens (including phenoxy) is 2. The first-order chi connectivity index (χ1) is 9.35.